The summed E-state index contributed by atoms with van der Waals surface area (Å²) >= 11 is 5.89. The van der Waals surface area contributed by atoms with Gasteiger partial charge in [-0.2, -0.15) is 5.26 Å². The average molecular weight is 603 g/mol. The first kappa shape index (κ1) is 21.0. The van der Waals surface area contributed by atoms with Crippen LogP contribution in [0.3, 0.4) is 0 Å². The molecule has 2 heterocycles. The van der Waals surface area contributed by atoms with E-state index in [1.54, 1.807) is 6.07 Å². The lowest BCUT2D eigenvalue weighted by Gasteiger charge is -2.27. The van der Waals surface area contributed by atoms with E-state index in [-0.39, 0.29) is 12.7 Å². The predicted molar refractivity (Wildman–Crippen MR) is 129 cm³/mol. The summed E-state index contributed by atoms with van der Waals surface area (Å²) in [6.07, 6.45) is 0. The number of nitriles is 1. The Morgan fingerprint density at radius 1 is 1.06 bits per heavy atom. The van der Waals surface area contributed by atoms with Crippen LogP contribution in [0.2, 0.25) is 0 Å². The van der Waals surface area contributed by atoms with Crippen molar-refractivity contribution in [3.63, 3.8) is 0 Å². The smallest absolute Gasteiger partial charge is 0.231 e. The number of hydrogen-bond acceptors (Lipinski definition) is 6. The van der Waals surface area contributed by atoms with Gasteiger partial charge in [-0.1, -0.05) is 18.2 Å². The van der Waals surface area contributed by atoms with E-state index >= 15 is 0 Å². The van der Waals surface area contributed by atoms with Crippen LogP contribution < -0.4 is 24.7 Å². The molecule has 32 heavy (non-hydrogen) atoms. The van der Waals surface area contributed by atoms with Crippen molar-refractivity contribution in [3.05, 3.63) is 90.8 Å². The number of fused-ring (bicyclic) bond motifs is 2. The Labute approximate surface area is 206 Å². The van der Waals surface area contributed by atoms with Gasteiger partial charge < -0.3 is 24.7 Å². The molecular formula is C24H16BrIN2O4. The van der Waals surface area contributed by atoms with Crippen LogP contribution in [-0.2, 0) is 6.61 Å². The summed E-state index contributed by atoms with van der Waals surface area (Å²) in [6.45, 7) is 0.601. The van der Waals surface area contributed by atoms with Crippen molar-refractivity contribution < 1.29 is 18.9 Å². The number of halogens is 2. The fourth-order valence-electron chi connectivity index (χ4n) is 3.75. The van der Waals surface area contributed by atoms with Crippen LogP contribution in [-0.4, -0.2) is 6.79 Å². The Kier molecular flexibility index (Phi) is 5.61. The summed E-state index contributed by atoms with van der Waals surface area (Å²) in [7, 11) is 0. The monoisotopic (exact) mass is 602 g/mol. The van der Waals surface area contributed by atoms with E-state index < -0.39 is 5.92 Å². The van der Waals surface area contributed by atoms with E-state index in [9.17, 15) is 5.26 Å². The SMILES string of the molecule is N#CC1=C(N)Oc2cc3c(cc2[C@@H]1c1ccc(OCc2ccc(I)cc2)c(Br)c1)OCO3. The number of rotatable bonds is 4. The van der Waals surface area contributed by atoms with Crippen LogP contribution >= 0.6 is 38.5 Å². The lowest BCUT2D eigenvalue weighted by molar-refractivity contribution is 0.174. The van der Waals surface area contributed by atoms with Gasteiger partial charge in [-0.25, -0.2) is 0 Å². The topological polar surface area (TPSA) is 86.7 Å². The second-order valence-electron chi connectivity index (χ2n) is 7.27. The third-order valence-electron chi connectivity index (χ3n) is 5.31. The highest BCUT2D eigenvalue weighted by molar-refractivity contribution is 14.1. The van der Waals surface area contributed by atoms with Crippen LogP contribution in [0.4, 0.5) is 0 Å². The van der Waals surface area contributed by atoms with Crippen molar-refractivity contribution in [3.8, 4) is 29.1 Å². The number of hydrogen-bond donors (Lipinski definition) is 1. The second kappa shape index (κ2) is 8.56. The molecule has 5 rings (SSSR count). The summed E-state index contributed by atoms with van der Waals surface area (Å²) in [5.74, 6) is 2.15. The summed E-state index contributed by atoms with van der Waals surface area (Å²) in [5, 5.41) is 9.81. The maximum absolute atomic E-state index is 9.81. The van der Waals surface area contributed by atoms with Gasteiger partial charge in [-0.3, -0.25) is 0 Å². The number of benzene rings is 3. The first-order chi connectivity index (χ1) is 15.5. The van der Waals surface area contributed by atoms with Crippen molar-refractivity contribution in [1.82, 2.24) is 0 Å². The first-order valence-corrected chi connectivity index (χ1v) is 11.6. The van der Waals surface area contributed by atoms with Crippen LogP contribution in [0, 0.1) is 14.9 Å². The third kappa shape index (κ3) is 3.87. The van der Waals surface area contributed by atoms with Gasteiger partial charge in [-0.15, -0.1) is 0 Å². The van der Waals surface area contributed by atoms with Gasteiger partial charge in [0, 0.05) is 15.2 Å². The molecule has 2 aliphatic heterocycles. The lowest BCUT2D eigenvalue weighted by Crippen LogP contribution is -2.21. The molecule has 0 saturated carbocycles. The zero-order valence-electron chi connectivity index (χ0n) is 16.6. The van der Waals surface area contributed by atoms with Crippen molar-refractivity contribution in [2.24, 2.45) is 5.73 Å². The number of nitrogens with two attached hydrogens (primary N) is 1. The minimum atomic E-state index is -0.403. The molecule has 3 aromatic rings. The van der Waals surface area contributed by atoms with E-state index in [1.165, 1.54) is 3.57 Å². The van der Waals surface area contributed by atoms with E-state index in [2.05, 4.69) is 44.6 Å². The third-order valence-corrected chi connectivity index (χ3v) is 6.65. The predicted octanol–water partition coefficient (Wildman–Crippen LogP) is 5.58. The molecule has 0 radical (unpaired) electrons. The van der Waals surface area contributed by atoms with Crippen molar-refractivity contribution in [2.45, 2.75) is 12.5 Å². The van der Waals surface area contributed by atoms with Crippen LogP contribution in [0.25, 0.3) is 0 Å². The molecule has 0 aromatic heterocycles. The van der Waals surface area contributed by atoms with Gasteiger partial charge in [0.2, 0.25) is 12.7 Å². The van der Waals surface area contributed by atoms with Crippen molar-refractivity contribution in [1.29, 1.82) is 5.26 Å². The molecule has 8 heteroatoms. The zero-order valence-corrected chi connectivity index (χ0v) is 20.3. The molecular weight excluding hydrogens is 587 g/mol. The lowest BCUT2D eigenvalue weighted by atomic mass is 9.83. The second-order valence-corrected chi connectivity index (χ2v) is 9.37. The molecule has 3 aromatic carbocycles. The highest BCUT2D eigenvalue weighted by Crippen LogP contribution is 2.48. The minimum Gasteiger partial charge on any atom is -0.488 e. The first-order valence-electron chi connectivity index (χ1n) is 9.71. The van der Waals surface area contributed by atoms with Gasteiger partial charge in [-0.05, 0) is 80.0 Å². The van der Waals surface area contributed by atoms with E-state index in [4.69, 9.17) is 24.7 Å². The molecule has 0 bridgehead atoms. The van der Waals surface area contributed by atoms with Crippen LogP contribution in [0.1, 0.15) is 22.6 Å². The quantitative estimate of drug-likeness (QED) is 0.392. The van der Waals surface area contributed by atoms with E-state index in [0.29, 0.717) is 35.2 Å². The largest absolute Gasteiger partial charge is 0.488 e. The molecule has 0 amide bonds. The number of allylic oxidation sites excluding steroid dienone is 1. The van der Waals surface area contributed by atoms with Crippen LogP contribution in [0.15, 0.2) is 70.5 Å². The maximum atomic E-state index is 9.81. The summed E-state index contributed by atoms with van der Waals surface area (Å²) in [4.78, 5) is 0. The van der Waals surface area contributed by atoms with Gasteiger partial charge >= 0.3 is 0 Å². The number of nitrogens with zero attached hydrogens (tertiary/aromatic N) is 1. The average Bonchev–Trinajstić information content (AvgIpc) is 3.24. The molecule has 0 fully saturated rings. The Morgan fingerprint density at radius 3 is 2.53 bits per heavy atom. The highest BCUT2D eigenvalue weighted by atomic mass is 127. The molecule has 0 unspecified atom stereocenters. The molecule has 0 aliphatic carbocycles. The van der Waals surface area contributed by atoms with E-state index in [0.717, 1.165) is 21.2 Å². The Balaban J connectivity index is 1.48. The summed E-state index contributed by atoms with van der Waals surface area (Å²) in [5.41, 5.74) is 9.19. The Morgan fingerprint density at radius 2 is 1.81 bits per heavy atom. The van der Waals surface area contributed by atoms with Gasteiger partial charge in [0.15, 0.2) is 11.5 Å². The number of ether oxygens (including phenoxy) is 4. The van der Waals surface area contributed by atoms with Crippen molar-refractivity contribution in [2.75, 3.05) is 6.79 Å². The van der Waals surface area contributed by atoms with Crippen molar-refractivity contribution >= 4 is 38.5 Å². The molecule has 6 nitrogen and oxygen atoms in total. The maximum Gasteiger partial charge on any atom is 0.231 e. The minimum absolute atomic E-state index is 0.0824. The summed E-state index contributed by atoms with van der Waals surface area (Å²) in [6, 6.07) is 19.7. The fraction of sp³-hybridized carbons (Fsp3) is 0.125. The highest BCUT2D eigenvalue weighted by Gasteiger charge is 2.33. The molecule has 2 aliphatic rings. The van der Waals surface area contributed by atoms with Gasteiger partial charge in [0.1, 0.15) is 29.7 Å². The molecule has 2 N–H and O–H groups in total. The van der Waals surface area contributed by atoms with Crippen LogP contribution in [0.5, 0.6) is 23.0 Å². The summed E-state index contributed by atoms with van der Waals surface area (Å²) < 4.78 is 24.7. The molecule has 1 atom stereocenters. The standard InChI is InChI=1S/C24H16BrIN2O4/c25-18-7-14(3-6-19(18)29-11-13-1-4-15(26)5-2-13)23-16-8-21-22(31-12-30-21)9-20(16)32-24(28)17(23)10-27/h1-9,23H,11-12,28H2/t23-/m0/s1. The van der Waals surface area contributed by atoms with Gasteiger partial charge in [0.25, 0.3) is 0 Å². The molecule has 0 spiro atoms. The van der Waals surface area contributed by atoms with Gasteiger partial charge in [0.05, 0.1) is 10.4 Å². The fourth-order valence-corrected chi connectivity index (χ4v) is 4.62. The molecule has 0 saturated heterocycles. The Bertz CT molecular complexity index is 1280. The molecule has 160 valence electrons. The Hall–Kier alpha value is -2.90. The zero-order chi connectivity index (χ0) is 22.2. The van der Waals surface area contributed by atoms with E-state index in [1.807, 2.05) is 48.5 Å². The normalized spacial score (nSPS) is 16.2.